The first-order valence-corrected chi connectivity index (χ1v) is 6.04. The molecule has 2 N–H and O–H groups in total. The third-order valence-corrected chi connectivity index (χ3v) is 2.98. The van der Waals surface area contributed by atoms with Crippen LogP contribution in [-0.4, -0.2) is 35.3 Å². The molecule has 0 saturated heterocycles. The molecule has 0 aliphatic heterocycles. The first-order chi connectivity index (χ1) is 9.97. The molecular weight excluding hydrogens is 276 g/mol. The van der Waals surface area contributed by atoms with E-state index < -0.39 is 11.5 Å². The summed E-state index contributed by atoms with van der Waals surface area (Å²) in [5, 5.41) is 8.98. The molecule has 1 heterocycles. The molecular formula is C14H14N2O5. The molecule has 0 amide bonds. The number of aryl methyl sites for hydroxylation is 1. The molecule has 0 bridgehead atoms. The highest BCUT2D eigenvalue weighted by Crippen LogP contribution is 2.31. The summed E-state index contributed by atoms with van der Waals surface area (Å²) in [4.78, 5) is 29.4. The van der Waals surface area contributed by atoms with Crippen LogP contribution in [0.5, 0.6) is 11.5 Å². The zero-order valence-corrected chi connectivity index (χ0v) is 11.8. The van der Waals surface area contributed by atoms with Crippen molar-refractivity contribution in [1.82, 2.24) is 9.97 Å². The first-order valence-electron chi connectivity index (χ1n) is 6.04. The lowest BCUT2D eigenvalue weighted by Crippen LogP contribution is -2.21. The molecule has 0 saturated carbocycles. The van der Waals surface area contributed by atoms with E-state index in [-0.39, 0.29) is 17.1 Å². The maximum absolute atomic E-state index is 11.9. The Labute approximate surface area is 120 Å². The molecule has 7 heteroatoms. The second-order valence-corrected chi connectivity index (χ2v) is 4.25. The van der Waals surface area contributed by atoms with E-state index in [1.165, 1.54) is 21.1 Å². The van der Waals surface area contributed by atoms with Gasteiger partial charge in [0.25, 0.3) is 5.56 Å². The zero-order valence-electron chi connectivity index (χ0n) is 11.8. The fraction of sp³-hybridized carbons (Fsp3) is 0.214. The number of hydrogen-bond donors (Lipinski definition) is 2. The van der Waals surface area contributed by atoms with Crippen molar-refractivity contribution < 1.29 is 19.4 Å². The van der Waals surface area contributed by atoms with E-state index in [1.807, 2.05) is 0 Å². The standard InChI is InChI=1S/C14H14N2O5/c1-7-11(14(18)19)13(17)16-12(15-7)9-5-4-8(20-2)6-10(9)21-3/h4-6H,1-3H3,(H,18,19)(H,15,16,17). The van der Waals surface area contributed by atoms with E-state index >= 15 is 0 Å². The molecule has 1 aromatic heterocycles. The molecule has 110 valence electrons. The predicted molar refractivity (Wildman–Crippen MR) is 75.1 cm³/mol. The van der Waals surface area contributed by atoms with E-state index in [4.69, 9.17) is 14.6 Å². The van der Waals surface area contributed by atoms with Crippen molar-refractivity contribution in [3.8, 4) is 22.9 Å². The van der Waals surface area contributed by atoms with Gasteiger partial charge in [-0.3, -0.25) is 4.79 Å². The highest BCUT2D eigenvalue weighted by atomic mass is 16.5. The van der Waals surface area contributed by atoms with E-state index in [0.29, 0.717) is 17.1 Å². The van der Waals surface area contributed by atoms with Gasteiger partial charge in [0.1, 0.15) is 22.9 Å². The van der Waals surface area contributed by atoms with Crippen LogP contribution in [0.15, 0.2) is 23.0 Å². The minimum absolute atomic E-state index is 0.138. The number of benzene rings is 1. The van der Waals surface area contributed by atoms with Gasteiger partial charge in [0.05, 0.1) is 25.5 Å². The summed E-state index contributed by atoms with van der Waals surface area (Å²) in [5.41, 5.74) is -0.399. The number of rotatable bonds is 4. The van der Waals surface area contributed by atoms with E-state index in [0.717, 1.165) is 0 Å². The summed E-state index contributed by atoms with van der Waals surface area (Å²) in [7, 11) is 3.01. The molecule has 2 aromatic rings. The number of nitrogens with zero attached hydrogens (tertiary/aromatic N) is 1. The summed E-state index contributed by atoms with van der Waals surface area (Å²) in [6.45, 7) is 1.47. The smallest absolute Gasteiger partial charge is 0.343 e. The normalized spacial score (nSPS) is 10.2. The number of aromatic carboxylic acids is 1. The molecule has 0 atom stereocenters. The lowest BCUT2D eigenvalue weighted by molar-refractivity contribution is 0.0693. The Balaban J connectivity index is 2.63. The monoisotopic (exact) mass is 290 g/mol. The Bertz CT molecular complexity index is 752. The van der Waals surface area contributed by atoms with Crippen LogP contribution in [0.25, 0.3) is 11.4 Å². The van der Waals surface area contributed by atoms with Gasteiger partial charge in [-0.15, -0.1) is 0 Å². The van der Waals surface area contributed by atoms with E-state index in [9.17, 15) is 9.59 Å². The third-order valence-electron chi connectivity index (χ3n) is 2.98. The van der Waals surface area contributed by atoms with E-state index in [2.05, 4.69) is 9.97 Å². The largest absolute Gasteiger partial charge is 0.497 e. The van der Waals surface area contributed by atoms with Crippen LogP contribution in [-0.2, 0) is 0 Å². The van der Waals surface area contributed by atoms with Crippen LogP contribution in [0.1, 0.15) is 16.1 Å². The maximum Gasteiger partial charge on any atom is 0.343 e. The van der Waals surface area contributed by atoms with Crippen molar-refractivity contribution in [3.63, 3.8) is 0 Å². The number of aromatic nitrogens is 2. The summed E-state index contributed by atoms with van der Waals surface area (Å²) in [5.74, 6) is -0.0201. The number of ether oxygens (including phenoxy) is 2. The maximum atomic E-state index is 11.9. The second-order valence-electron chi connectivity index (χ2n) is 4.25. The van der Waals surface area contributed by atoms with Crippen LogP contribution in [0, 0.1) is 6.92 Å². The molecule has 0 aliphatic rings. The van der Waals surface area contributed by atoms with Crippen molar-refractivity contribution >= 4 is 5.97 Å². The van der Waals surface area contributed by atoms with Crippen LogP contribution >= 0.6 is 0 Å². The number of hydrogen-bond acceptors (Lipinski definition) is 5. The molecule has 7 nitrogen and oxygen atoms in total. The van der Waals surface area contributed by atoms with Gasteiger partial charge in [0, 0.05) is 6.07 Å². The lowest BCUT2D eigenvalue weighted by atomic mass is 10.1. The average Bonchev–Trinajstić information content (AvgIpc) is 2.45. The fourth-order valence-electron chi connectivity index (χ4n) is 1.96. The van der Waals surface area contributed by atoms with Crippen LogP contribution in [0.3, 0.4) is 0 Å². The number of carboxylic acids is 1. The Morgan fingerprint density at radius 3 is 2.52 bits per heavy atom. The van der Waals surface area contributed by atoms with E-state index in [1.54, 1.807) is 18.2 Å². The van der Waals surface area contributed by atoms with Crippen molar-refractivity contribution in [2.45, 2.75) is 6.92 Å². The Hall–Kier alpha value is -2.83. The zero-order chi connectivity index (χ0) is 15.6. The van der Waals surface area contributed by atoms with Crippen LogP contribution in [0.2, 0.25) is 0 Å². The summed E-state index contributed by atoms with van der Waals surface area (Å²) in [6.07, 6.45) is 0. The number of aromatic amines is 1. The highest BCUT2D eigenvalue weighted by Gasteiger charge is 2.17. The molecule has 0 aliphatic carbocycles. The van der Waals surface area contributed by atoms with Gasteiger partial charge >= 0.3 is 5.97 Å². The quantitative estimate of drug-likeness (QED) is 0.884. The van der Waals surface area contributed by atoms with Gasteiger partial charge < -0.3 is 19.6 Å². The molecule has 0 fully saturated rings. The lowest BCUT2D eigenvalue weighted by Gasteiger charge is -2.10. The SMILES string of the molecule is COc1ccc(-c2nc(C)c(C(=O)O)c(=O)[nH]2)c(OC)c1. The Morgan fingerprint density at radius 1 is 1.29 bits per heavy atom. The number of methoxy groups -OCH3 is 2. The molecule has 2 rings (SSSR count). The molecule has 0 unspecified atom stereocenters. The van der Waals surface area contributed by atoms with Crippen LogP contribution < -0.4 is 15.0 Å². The van der Waals surface area contributed by atoms with Crippen molar-refractivity contribution in [2.24, 2.45) is 0 Å². The highest BCUT2D eigenvalue weighted by molar-refractivity contribution is 5.88. The number of carboxylic acid groups (broad SMARTS) is 1. The van der Waals surface area contributed by atoms with Gasteiger partial charge in [-0.2, -0.15) is 0 Å². The average molecular weight is 290 g/mol. The molecule has 0 radical (unpaired) electrons. The second kappa shape index (κ2) is 5.66. The molecule has 21 heavy (non-hydrogen) atoms. The summed E-state index contributed by atoms with van der Waals surface area (Å²) >= 11 is 0. The summed E-state index contributed by atoms with van der Waals surface area (Å²) in [6, 6.07) is 5.02. The molecule has 1 aromatic carbocycles. The molecule has 0 spiro atoms. The summed E-state index contributed by atoms with van der Waals surface area (Å²) < 4.78 is 10.3. The van der Waals surface area contributed by atoms with Crippen molar-refractivity contribution in [2.75, 3.05) is 14.2 Å². The Kier molecular flexibility index (Phi) is 3.93. The fourth-order valence-corrected chi connectivity index (χ4v) is 1.96. The minimum Gasteiger partial charge on any atom is -0.497 e. The van der Waals surface area contributed by atoms with Gasteiger partial charge in [0.2, 0.25) is 0 Å². The van der Waals surface area contributed by atoms with Gasteiger partial charge in [0.15, 0.2) is 0 Å². The number of H-pyrrole nitrogens is 1. The van der Waals surface area contributed by atoms with Crippen molar-refractivity contribution in [1.29, 1.82) is 0 Å². The minimum atomic E-state index is -1.31. The first kappa shape index (κ1) is 14.6. The van der Waals surface area contributed by atoms with Gasteiger partial charge in [-0.1, -0.05) is 0 Å². The Morgan fingerprint density at radius 2 is 2.00 bits per heavy atom. The van der Waals surface area contributed by atoms with Gasteiger partial charge in [-0.25, -0.2) is 9.78 Å². The van der Waals surface area contributed by atoms with Crippen molar-refractivity contribution in [3.05, 3.63) is 39.8 Å². The van der Waals surface area contributed by atoms with Gasteiger partial charge in [-0.05, 0) is 19.1 Å². The topological polar surface area (TPSA) is 102 Å². The number of nitrogens with one attached hydrogen (secondary N) is 1. The van der Waals surface area contributed by atoms with Crippen LogP contribution in [0.4, 0.5) is 0 Å². The number of carbonyl (C=O) groups is 1. The third kappa shape index (κ3) is 2.71. The predicted octanol–water partition coefficient (Wildman–Crippen LogP) is 1.46.